The number of hydrogen-bond donors (Lipinski definition) is 2. The van der Waals surface area contributed by atoms with Crippen molar-refractivity contribution in [2.45, 2.75) is 75.8 Å². The van der Waals surface area contributed by atoms with Gasteiger partial charge in [0.15, 0.2) is 0 Å². The minimum Gasteiger partial charge on any atom is -0.447 e. The number of thiazole rings is 1. The summed E-state index contributed by atoms with van der Waals surface area (Å²) in [6.45, 7) is 7.76. The van der Waals surface area contributed by atoms with E-state index in [0.29, 0.717) is 37.4 Å². The van der Waals surface area contributed by atoms with Gasteiger partial charge in [0.2, 0.25) is 15.9 Å². The SMILES string of the molecule is CCNS(=O)(=O)c1cc(CC(=O)N2CCOCC2)ccc1-c1cnc(C2CCC(NC(=O)OC(C)C)CC2)s1. The summed E-state index contributed by atoms with van der Waals surface area (Å²) in [6, 6.07) is 5.30. The lowest BCUT2D eigenvalue weighted by molar-refractivity contribution is -0.134. The van der Waals surface area contributed by atoms with Crippen LogP contribution >= 0.6 is 11.3 Å². The summed E-state index contributed by atoms with van der Waals surface area (Å²) in [5.41, 5.74) is 1.23. The molecule has 2 N–H and O–H groups in total. The van der Waals surface area contributed by atoms with Crippen molar-refractivity contribution in [3.8, 4) is 10.4 Å². The molecule has 0 unspecified atom stereocenters. The highest BCUT2D eigenvalue weighted by Gasteiger charge is 2.28. The van der Waals surface area contributed by atoms with Gasteiger partial charge in [0.05, 0.1) is 40.5 Å². The second kappa shape index (κ2) is 13.2. The summed E-state index contributed by atoms with van der Waals surface area (Å²) in [6.07, 6.45) is 4.76. The molecule has 0 bridgehead atoms. The summed E-state index contributed by atoms with van der Waals surface area (Å²) in [5, 5.41) is 3.91. The fraction of sp³-hybridized carbons (Fsp3) is 0.593. The Morgan fingerprint density at radius 2 is 1.90 bits per heavy atom. The van der Waals surface area contributed by atoms with E-state index in [0.717, 1.165) is 35.6 Å². The third-order valence-electron chi connectivity index (χ3n) is 6.92. The molecule has 1 aliphatic carbocycles. The molecule has 2 amide bonds. The second-order valence-electron chi connectivity index (χ2n) is 10.2. The molecule has 4 rings (SSSR count). The predicted octanol–water partition coefficient (Wildman–Crippen LogP) is 3.67. The van der Waals surface area contributed by atoms with Crippen molar-refractivity contribution >= 4 is 33.4 Å². The lowest BCUT2D eigenvalue weighted by Crippen LogP contribution is -2.41. The van der Waals surface area contributed by atoms with E-state index in [1.807, 2.05) is 19.9 Å². The number of ether oxygens (including phenoxy) is 2. The molecule has 2 aliphatic rings. The van der Waals surface area contributed by atoms with E-state index in [2.05, 4.69) is 15.0 Å². The molecule has 1 saturated carbocycles. The van der Waals surface area contributed by atoms with E-state index in [4.69, 9.17) is 9.47 Å². The second-order valence-corrected chi connectivity index (χ2v) is 13.0. The molecule has 2 aromatic rings. The van der Waals surface area contributed by atoms with Crippen molar-refractivity contribution < 1.29 is 27.5 Å². The molecule has 2 heterocycles. The van der Waals surface area contributed by atoms with Crippen molar-refractivity contribution in [2.75, 3.05) is 32.8 Å². The summed E-state index contributed by atoms with van der Waals surface area (Å²) in [4.78, 5) is 32.1. The van der Waals surface area contributed by atoms with Crippen LogP contribution in [0.5, 0.6) is 0 Å². The van der Waals surface area contributed by atoms with Gasteiger partial charge in [-0.2, -0.15) is 0 Å². The summed E-state index contributed by atoms with van der Waals surface area (Å²) < 4.78 is 39.5. The summed E-state index contributed by atoms with van der Waals surface area (Å²) in [5.74, 6) is 0.211. The molecule has 1 saturated heterocycles. The molecule has 12 heteroatoms. The van der Waals surface area contributed by atoms with Crippen molar-refractivity contribution in [3.05, 3.63) is 35.0 Å². The standard InChI is InChI=1S/C27H38N4O6S2/c1-4-29-39(34,35)24-15-19(16-25(32)31-11-13-36-14-12-31)5-10-22(24)23-17-28-26(38-23)20-6-8-21(9-7-20)30-27(33)37-18(2)3/h5,10,15,17-18,20-21,29H,4,6-9,11-14,16H2,1-3H3,(H,30,33). The normalized spacial score (nSPS) is 20.2. The van der Waals surface area contributed by atoms with Gasteiger partial charge in [-0.25, -0.2) is 22.9 Å². The fourth-order valence-electron chi connectivity index (χ4n) is 4.97. The highest BCUT2D eigenvalue weighted by atomic mass is 32.2. The maximum absolute atomic E-state index is 13.2. The Hall–Kier alpha value is -2.54. The zero-order valence-corrected chi connectivity index (χ0v) is 24.4. The van der Waals surface area contributed by atoms with Gasteiger partial charge >= 0.3 is 6.09 Å². The van der Waals surface area contributed by atoms with Gasteiger partial charge in [-0.05, 0) is 51.2 Å². The molecular weight excluding hydrogens is 540 g/mol. The topological polar surface area (TPSA) is 127 Å². The molecule has 1 aliphatic heterocycles. The van der Waals surface area contributed by atoms with Gasteiger partial charge in [0.25, 0.3) is 0 Å². The van der Waals surface area contributed by atoms with Gasteiger partial charge < -0.3 is 19.7 Å². The van der Waals surface area contributed by atoms with E-state index < -0.39 is 10.0 Å². The molecule has 2 fully saturated rings. The van der Waals surface area contributed by atoms with Crippen LogP contribution in [0.4, 0.5) is 4.79 Å². The van der Waals surface area contributed by atoms with Crippen molar-refractivity contribution in [3.63, 3.8) is 0 Å². The number of nitrogens with one attached hydrogen (secondary N) is 2. The number of amides is 2. The third kappa shape index (κ3) is 7.77. The maximum Gasteiger partial charge on any atom is 0.407 e. The van der Waals surface area contributed by atoms with Crippen molar-refractivity contribution in [1.82, 2.24) is 19.9 Å². The molecule has 0 radical (unpaired) electrons. The molecule has 1 aromatic carbocycles. The predicted molar refractivity (Wildman–Crippen MR) is 149 cm³/mol. The van der Waals surface area contributed by atoms with Gasteiger partial charge in [0.1, 0.15) is 0 Å². The fourth-order valence-corrected chi connectivity index (χ4v) is 7.47. The number of aromatic nitrogens is 1. The van der Waals surface area contributed by atoms with E-state index in [-0.39, 0.29) is 47.9 Å². The van der Waals surface area contributed by atoms with Crippen LogP contribution in [0.15, 0.2) is 29.3 Å². The minimum atomic E-state index is -3.78. The lowest BCUT2D eigenvalue weighted by Gasteiger charge is -2.28. The average molecular weight is 579 g/mol. The van der Waals surface area contributed by atoms with Crippen molar-refractivity contribution in [2.24, 2.45) is 0 Å². The number of alkyl carbamates (subject to hydrolysis) is 1. The van der Waals surface area contributed by atoms with Gasteiger partial charge in [-0.15, -0.1) is 11.3 Å². The third-order valence-corrected chi connectivity index (χ3v) is 9.70. The van der Waals surface area contributed by atoms with Gasteiger partial charge in [-0.1, -0.05) is 19.1 Å². The number of nitrogens with zero attached hydrogens (tertiary/aromatic N) is 2. The summed E-state index contributed by atoms with van der Waals surface area (Å²) >= 11 is 1.50. The van der Waals surface area contributed by atoms with Crippen LogP contribution in [-0.2, 0) is 30.7 Å². The largest absolute Gasteiger partial charge is 0.447 e. The smallest absolute Gasteiger partial charge is 0.407 e. The Kier molecular flexibility index (Phi) is 9.97. The first kappa shape index (κ1) is 29.4. The maximum atomic E-state index is 13.2. The van der Waals surface area contributed by atoms with Crippen molar-refractivity contribution in [1.29, 1.82) is 0 Å². The van der Waals surface area contributed by atoms with E-state index in [9.17, 15) is 18.0 Å². The zero-order chi connectivity index (χ0) is 28.0. The van der Waals surface area contributed by atoms with Crippen LogP contribution < -0.4 is 10.0 Å². The van der Waals surface area contributed by atoms with E-state index in [1.54, 1.807) is 30.2 Å². The Bertz CT molecular complexity index is 1250. The van der Waals surface area contributed by atoms with Gasteiger partial charge in [0, 0.05) is 43.4 Å². The average Bonchev–Trinajstić information content (AvgIpc) is 3.39. The highest BCUT2D eigenvalue weighted by Crippen LogP contribution is 2.39. The number of morpholine rings is 1. The Labute approximate surface area is 234 Å². The molecule has 0 spiro atoms. The molecule has 214 valence electrons. The monoisotopic (exact) mass is 578 g/mol. The van der Waals surface area contributed by atoms with Crippen LogP contribution in [0.3, 0.4) is 0 Å². The van der Waals surface area contributed by atoms with E-state index in [1.165, 1.54) is 11.3 Å². The van der Waals surface area contributed by atoms with Crippen LogP contribution in [-0.4, -0.2) is 75.3 Å². The van der Waals surface area contributed by atoms with Crippen LogP contribution in [0.25, 0.3) is 10.4 Å². The first-order valence-electron chi connectivity index (χ1n) is 13.6. The minimum absolute atomic E-state index is 0.0412. The Morgan fingerprint density at radius 3 is 2.56 bits per heavy atom. The number of carbonyl (C=O) groups is 2. The first-order chi connectivity index (χ1) is 18.7. The Morgan fingerprint density at radius 1 is 1.18 bits per heavy atom. The van der Waals surface area contributed by atoms with Crippen LogP contribution in [0, 0.1) is 0 Å². The van der Waals surface area contributed by atoms with Gasteiger partial charge in [-0.3, -0.25) is 4.79 Å². The highest BCUT2D eigenvalue weighted by molar-refractivity contribution is 7.89. The van der Waals surface area contributed by atoms with E-state index >= 15 is 0 Å². The molecule has 0 atom stereocenters. The van der Waals surface area contributed by atoms with Crippen LogP contribution in [0.1, 0.15) is 62.9 Å². The molecular formula is C27H38N4O6S2. The summed E-state index contributed by atoms with van der Waals surface area (Å²) in [7, 11) is -3.78. The number of sulfonamides is 1. The number of rotatable bonds is 9. The zero-order valence-electron chi connectivity index (χ0n) is 22.8. The van der Waals surface area contributed by atoms with Crippen LogP contribution in [0.2, 0.25) is 0 Å². The number of benzene rings is 1. The number of hydrogen-bond acceptors (Lipinski definition) is 8. The lowest BCUT2D eigenvalue weighted by atomic mass is 9.86. The number of carbonyl (C=O) groups excluding carboxylic acids is 2. The first-order valence-corrected chi connectivity index (χ1v) is 15.9. The molecule has 39 heavy (non-hydrogen) atoms. The Balaban J connectivity index is 1.49. The quantitative estimate of drug-likeness (QED) is 0.465. The molecule has 10 nitrogen and oxygen atoms in total. The molecule has 1 aromatic heterocycles.